The Morgan fingerprint density at radius 1 is 0.979 bits per heavy atom. The van der Waals surface area contributed by atoms with Gasteiger partial charge in [-0.1, -0.05) is 20.8 Å². The third kappa shape index (κ3) is 6.56. The van der Waals surface area contributed by atoms with Crippen LogP contribution in [0.15, 0.2) is 58.4 Å². The molecule has 1 fully saturated rings. The number of aromatic nitrogens is 4. The summed E-state index contributed by atoms with van der Waals surface area (Å²) in [6.45, 7) is 6.63. The van der Waals surface area contributed by atoms with E-state index in [1.807, 2.05) is 25.7 Å². The molecule has 0 bridgehead atoms. The van der Waals surface area contributed by atoms with Crippen LogP contribution >= 0.6 is 0 Å². The molecule has 5 rings (SSSR count). The number of nitrogens with zero attached hydrogens (tertiary/aromatic N) is 6. The second-order valence-corrected chi connectivity index (χ2v) is 13.0. The lowest BCUT2D eigenvalue weighted by Gasteiger charge is -2.49. The summed E-state index contributed by atoms with van der Waals surface area (Å²) >= 11 is 0. The van der Waals surface area contributed by atoms with Crippen LogP contribution in [0.3, 0.4) is 0 Å². The predicted octanol–water partition coefficient (Wildman–Crippen LogP) is 2.53. The number of rotatable bonds is 10. The summed E-state index contributed by atoms with van der Waals surface area (Å²) in [5.41, 5.74) is -1.68. The lowest BCUT2D eigenvalue weighted by atomic mass is 9.82. The second-order valence-electron chi connectivity index (χ2n) is 13.0. The van der Waals surface area contributed by atoms with Crippen molar-refractivity contribution in [2.45, 2.75) is 58.0 Å². The van der Waals surface area contributed by atoms with Crippen LogP contribution in [-0.4, -0.2) is 97.5 Å². The first kappa shape index (κ1) is 33.5. The van der Waals surface area contributed by atoms with Crippen LogP contribution in [0.2, 0.25) is 0 Å². The van der Waals surface area contributed by atoms with E-state index >= 15 is 0 Å². The van der Waals surface area contributed by atoms with Crippen molar-refractivity contribution < 1.29 is 29.3 Å². The van der Waals surface area contributed by atoms with Gasteiger partial charge < -0.3 is 24.3 Å². The van der Waals surface area contributed by atoms with Crippen LogP contribution < -0.4 is 20.6 Å². The predicted molar refractivity (Wildman–Crippen MR) is 174 cm³/mol. The van der Waals surface area contributed by atoms with Crippen LogP contribution in [0.5, 0.6) is 11.5 Å². The van der Waals surface area contributed by atoms with Gasteiger partial charge in [-0.2, -0.15) is 0 Å². The molecule has 3 atom stereocenters. The van der Waals surface area contributed by atoms with E-state index in [-0.39, 0.29) is 37.0 Å². The van der Waals surface area contributed by atoms with E-state index in [2.05, 4.69) is 9.97 Å². The summed E-state index contributed by atoms with van der Waals surface area (Å²) in [4.78, 5) is 64.7. The van der Waals surface area contributed by atoms with Crippen LogP contribution in [0.1, 0.15) is 33.6 Å². The fourth-order valence-corrected chi connectivity index (χ4v) is 6.63. The zero-order valence-corrected chi connectivity index (χ0v) is 27.1. The summed E-state index contributed by atoms with van der Waals surface area (Å²) in [7, 11) is 2.96. The van der Waals surface area contributed by atoms with Gasteiger partial charge in [-0.25, -0.2) is 4.79 Å². The Morgan fingerprint density at radius 3 is 2.13 bits per heavy atom. The number of methoxy groups -OCH3 is 2. The first-order valence-corrected chi connectivity index (χ1v) is 15.3. The maximum Gasteiger partial charge on any atom is 0.409 e. The van der Waals surface area contributed by atoms with Crippen molar-refractivity contribution in [3.05, 3.63) is 69.5 Å². The molecule has 2 N–H and O–H groups in total. The number of aliphatic hydroxyl groups is 1. The molecular formula is C33H40N6O8. The van der Waals surface area contributed by atoms with Crippen molar-refractivity contribution in [2.75, 3.05) is 33.9 Å². The molecule has 0 aliphatic carbocycles. The molecule has 1 aliphatic heterocycles. The van der Waals surface area contributed by atoms with Crippen LogP contribution in [0, 0.1) is 5.41 Å². The summed E-state index contributed by atoms with van der Waals surface area (Å²) in [5, 5.41) is 22.3. The smallest absolute Gasteiger partial charge is 0.409 e. The third-order valence-corrected chi connectivity index (χ3v) is 8.59. The molecule has 0 aromatic carbocycles. The number of amides is 1. The van der Waals surface area contributed by atoms with Gasteiger partial charge in [0.25, 0.3) is 11.1 Å². The quantitative estimate of drug-likeness (QED) is 0.242. The van der Waals surface area contributed by atoms with Gasteiger partial charge in [-0.15, -0.1) is 0 Å². The third-order valence-electron chi connectivity index (χ3n) is 8.59. The van der Waals surface area contributed by atoms with E-state index in [0.717, 1.165) is 4.90 Å². The van der Waals surface area contributed by atoms with Crippen molar-refractivity contribution in [1.82, 2.24) is 28.9 Å². The highest BCUT2D eigenvalue weighted by Crippen LogP contribution is 2.39. The van der Waals surface area contributed by atoms with Crippen molar-refractivity contribution in [3.8, 4) is 11.5 Å². The number of aliphatic hydroxyl groups excluding tert-OH is 1. The molecule has 14 heteroatoms. The Morgan fingerprint density at radius 2 is 1.57 bits per heavy atom. The van der Waals surface area contributed by atoms with E-state index < -0.39 is 34.9 Å². The molecule has 0 saturated carbocycles. The molecule has 1 aliphatic rings. The molecule has 1 unspecified atom stereocenters. The monoisotopic (exact) mass is 648 g/mol. The van der Waals surface area contributed by atoms with Crippen LogP contribution in [0.4, 0.5) is 4.79 Å². The van der Waals surface area contributed by atoms with Crippen LogP contribution in [-0.2, 0) is 17.0 Å². The number of piperidine rings is 1. The Hall–Kier alpha value is -4.82. The summed E-state index contributed by atoms with van der Waals surface area (Å²) in [6.07, 6.45) is 0.948. The summed E-state index contributed by atoms with van der Waals surface area (Å²) in [5.74, 6) is 0.831. The molecule has 1 amide bonds. The molecule has 0 spiro atoms. The fourth-order valence-electron chi connectivity index (χ4n) is 6.63. The standard InChI is InChI=1S/C33H40N6O8/c1-32(2,3)19-33(20-40,38-27-15-22(47-5)17-35-24(27)7-9-30(38)43)39(31(44)45)25-10-11-36(18-28(25)41)12-13-37-26-14-21(46-4)16-34-23(26)6-8-29(37)42/h6-9,14-17,20,25,28,41H,10-13,18-19H2,1-5H3,(H,44,45)/t25-,28-,33?/m0/s1. The highest BCUT2D eigenvalue weighted by molar-refractivity contribution is 5.81. The van der Waals surface area contributed by atoms with Gasteiger partial charge in [0.05, 0.1) is 60.8 Å². The number of hydrogen-bond acceptors (Lipinski definition) is 10. The molecule has 250 valence electrons. The topological polar surface area (TPSA) is 169 Å². The highest BCUT2D eigenvalue weighted by Gasteiger charge is 2.51. The van der Waals surface area contributed by atoms with E-state index in [4.69, 9.17) is 9.47 Å². The first-order valence-electron chi connectivity index (χ1n) is 15.3. The van der Waals surface area contributed by atoms with Gasteiger partial charge in [0.15, 0.2) is 11.9 Å². The Bertz CT molecular complexity index is 1920. The minimum absolute atomic E-state index is 0.0690. The van der Waals surface area contributed by atoms with E-state index in [0.29, 0.717) is 47.4 Å². The number of carboxylic acid groups (broad SMARTS) is 1. The maximum atomic E-state index is 13.7. The van der Waals surface area contributed by atoms with Gasteiger partial charge in [0.2, 0.25) is 0 Å². The summed E-state index contributed by atoms with van der Waals surface area (Å²) < 4.78 is 13.4. The summed E-state index contributed by atoms with van der Waals surface area (Å²) in [6, 6.07) is 8.10. The van der Waals surface area contributed by atoms with Crippen molar-refractivity contribution >= 4 is 34.4 Å². The lowest BCUT2D eigenvalue weighted by Crippen LogP contribution is -2.66. The molecular weight excluding hydrogens is 608 g/mol. The number of carbonyl (C=O) groups excluding carboxylic acids is 1. The molecule has 1 saturated heterocycles. The first-order chi connectivity index (χ1) is 22.3. The van der Waals surface area contributed by atoms with Gasteiger partial charge in [-0.05, 0) is 24.0 Å². The Balaban J connectivity index is 1.50. The molecule has 5 heterocycles. The van der Waals surface area contributed by atoms with E-state index in [1.54, 1.807) is 29.0 Å². The van der Waals surface area contributed by atoms with Gasteiger partial charge in [-0.3, -0.25) is 38.7 Å². The number of carbonyl (C=O) groups is 2. The Labute approximate surface area is 270 Å². The average molecular weight is 649 g/mol. The minimum Gasteiger partial charge on any atom is -0.495 e. The number of fused-ring (bicyclic) bond motifs is 2. The molecule has 4 aromatic heterocycles. The molecule has 4 aromatic rings. The number of ether oxygens (including phenoxy) is 2. The zero-order valence-electron chi connectivity index (χ0n) is 27.1. The average Bonchev–Trinajstić information content (AvgIpc) is 3.03. The number of aldehydes is 1. The van der Waals surface area contributed by atoms with Crippen LogP contribution in [0.25, 0.3) is 22.1 Å². The molecule has 47 heavy (non-hydrogen) atoms. The largest absolute Gasteiger partial charge is 0.495 e. The normalized spacial score (nSPS) is 18.5. The van der Waals surface area contributed by atoms with Gasteiger partial charge in [0.1, 0.15) is 11.5 Å². The lowest BCUT2D eigenvalue weighted by molar-refractivity contribution is -0.135. The van der Waals surface area contributed by atoms with E-state index in [9.17, 15) is 29.4 Å². The number of hydrogen-bond donors (Lipinski definition) is 2. The number of pyridine rings is 4. The SMILES string of the molecule is COc1cnc2ccc(=O)n(CCN3CC[C@H](N(C(=O)O)C(C=O)(CC(C)(C)C)n4c(=O)ccc5ncc(OC)cc54)[C@@H](O)C3)c2c1. The molecule has 0 radical (unpaired) electrons. The van der Waals surface area contributed by atoms with Gasteiger partial charge in [0, 0.05) is 56.9 Å². The minimum atomic E-state index is -2.04. The maximum absolute atomic E-state index is 13.7. The number of likely N-dealkylation sites (tertiary alicyclic amines) is 1. The fraction of sp³-hybridized carbons (Fsp3) is 0.455. The van der Waals surface area contributed by atoms with Crippen molar-refractivity contribution in [2.24, 2.45) is 5.41 Å². The highest BCUT2D eigenvalue weighted by atomic mass is 16.5. The van der Waals surface area contributed by atoms with Crippen molar-refractivity contribution in [3.63, 3.8) is 0 Å². The van der Waals surface area contributed by atoms with E-state index in [1.165, 1.54) is 43.2 Å². The number of β-amino-alcohol motifs (C(OH)–C–C–N with tert-alkyl or cyclic N) is 1. The van der Waals surface area contributed by atoms with Gasteiger partial charge >= 0.3 is 6.09 Å². The van der Waals surface area contributed by atoms with Crippen molar-refractivity contribution in [1.29, 1.82) is 0 Å². The second kappa shape index (κ2) is 13.1. The molecule has 14 nitrogen and oxygen atoms in total. The zero-order chi connectivity index (χ0) is 34.1. The Kier molecular flexibility index (Phi) is 9.36.